The minimum atomic E-state index is -0.579. The summed E-state index contributed by atoms with van der Waals surface area (Å²) in [6.45, 7) is 3.80. The topological polar surface area (TPSA) is 152 Å². The van der Waals surface area contributed by atoms with Gasteiger partial charge in [-0.1, -0.05) is 59.9 Å². The molecule has 0 fully saturated rings. The molecular weight excluding hydrogens is 496 g/mol. The summed E-state index contributed by atoms with van der Waals surface area (Å²) in [4.78, 5) is 25.1. The van der Waals surface area contributed by atoms with Crippen LogP contribution in [0.15, 0.2) is 80.3 Å². The number of carbonyl (C=O) groups excluding carboxylic acids is 2. The molecule has 0 atom stereocenters. The van der Waals surface area contributed by atoms with Gasteiger partial charge in [-0.2, -0.15) is 10.5 Å². The number of thioether (sulfide) groups is 2. The van der Waals surface area contributed by atoms with Crippen LogP contribution in [0.4, 0.5) is 0 Å². The van der Waals surface area contributed by atoms with Gasteiger partial charge in [-0.15, -0.1) is 0 Å². The standard InChI is InChI=1S/C26H24N4O4S2/c1-3-33-25(31)13-19(29)17-9-5-7-11-21(17)35-23(15-27)24(16-28)36-22-12-8-6-10-18(22)20(30)14-26(32)34-4-2/h5-14H,3-4,29-30H2,1-2H3/b19-13+,20-14+,24-23-. The van der Waals surface area contributed by atoms with Gasteiger partial charge in [0, 0.05) is 44.5 Å². The predicted octanol–water partition coefficient (Wildman–Crippen LogP) is 4.56. The van der Waals surface area contributed by atoms with Crippen molar-refractivity contribution < 1.29 is 19.1 Å². The quantitative estimate of drug-likeness (QED) is 0.197. The first-order chi connectivity index (χ1) is 17.3. The number of hydrogen-bond acceptors (Lipinski definition) is 10. The summed E-state index contributed by atoms with van der Waals surface area (Å²) in [5.41, 5.74) is 13.6. The largest absolute Gasteiger partial charge is 0.463 e. The monoisotopic (exact) mass is 520 g/mol. The molecule has 0 aliphatic heterocycles. The van der Waals surface area contributed by atoms with Gasteiger partial charge in [0.2, 0.25) is 0 Å². The molecule has 0 aliphatic rings. The maximum Gasteiger partial charge on any atom is 0.332 e. The van der Waals surface area contributed by atoms with Crippen LogP contribution in [0.5, 0.6) is 0 Å². The summed E-state index contributed by atoms with van der Waals surface area (Å²) in [5.74, 6) is -1.16. The van der Waals surface area contributed by atoms with Gasteiger partial charge in [-0.05, 0) is 26.0 Å². The van der Waals surface area contributed by atoms with Crippen LogP contribution < -0.4 is 11.5 Å². The average Bonchev–Trinajstić information content (AvgIpc) is 2.86. The molecule has 4 N–H and O–H groups in total. The van der Waals surface area contributed by atoms with Crippen LogP contribution >= 0.6 is 23.5 Å². The molecule has 0 bridgehead atoms. The number of hydrogen-bond donors (Lipinski definition) is 2. The minimum absolute atomic E-state index is 0.127. The van der Waals surface area contributed by atoms with Crippen molar-refractivity contribution in [3.8, 4) is 12.1 Å². The van der Waals surface area contributed by atoms with Crippen molar-refractivity contribution in [3.63, 3.8) is 0 Å². The Morgan fingerprint density at radius 3 is 1.47 bits per heavy atom. The molecule has 184 valence electrons. The lowest BCUT2D eigenvalue weighted by atomic mass is 10.1. The number of esters is 2. The first-order valence-electron chi connectivity index (χ1n) is 10.7. The van der Waals surface area contributed by atoms with Crippen molar-refractivity contribution in [1.82, 2.24) is 0 Å². The molecule has 2 aromatic rings. The number of ether oxygens (including phenoxy) is 2. The third-order valence-corrected chi connectivity index (χ3v) is 6.63. The number of allylic oxidation sites excluding steroid dienone is 2. The van der Waals surface area contributed by atoms with E-state index >= 15 is 0 Å². The van der Waals surface area contributed by atoms with Gasteiger partial charge in [0.15, 0.2) is 0 Å². The van der Waals surface area contributed by atoms with E-state index in [2.05, 4.69) is 12.1 Å². The molecular formula is C26H24N4O4S2. The van der Waals surface area contributed by atoms with Gasteiger partial charge in [-0.25, -0.2) is 9.59 Å². The third kappa shape index (κ3) is 7.98. The van der Waals surface area contributed by atoms with Crippen molar-refractivity contribution in [1.29, 1.82) is 10.5 Å². The fourth-order valence-corrected chi connectivity index (χ4v) is 4.77. The van der Waals surface area contributed by atoms with E-state index in [0.29, 0.717) is 20.9 Å². The number of nitrogens with zero attached hydrogens (tertiary/aromatic N) is 2. The number of rotatable bonds is 10. The number of benzene rings is 2. The molecule has 0 aliphatic carbocycles. The molecule has 0 unspecified atom stereocenters. The average molecular weight is 521 g/mol. The maximum absolute atomic E-state index is 11.8. The Balaban J connectivity index is 2.44. The van der Waals surface area contributed by atoms with E-state index in [1.54, 1.807) is 62.4 Å². The Labute approximate surface area is 218 Å². The smallest absolute Gasteiger partial charge is 0.332 e. The Bertz CT molecular complexity index is 1200. The molecule has 2 rings (SSSR count). The van der Waals surface area contributed by atoms with Gasteiger partial charge >= 0.3 is 11.9 Å². The highest BCUT2D eigenvalue weighted by Crippen LogP contribution is 2.39. The second-order valence-electron chi connectivity index (χ2n) is 6.78. The van der Waals surface area contributed by atoms with Gasteiger partial charge < -0.3 is 20.9 Å². The second-order valence-corrected chi connectivity index (χ2v) is 8.89. The number of carbonyl (C=O) groups is 2. The summed E-state index contributed by atoms with van der Waals surface area (Å²) >= 11 is 2.10. The molecule has 0 aromatic heterocycles. The summed E-state index contributed by atoms with van der Waals surface area (Å²) in [6.07, 6.45) is 2.35. The first kappa shape index (κ1) is 28.1. The normalized spacial score (nSPS) is 12.1. The molecule has 0 spiro atoms. The fourth-order valence-electron chi connectivity index (χ4n) is 2.83. The van der Waals surface area contributed by atoms with Gasteiger partial charge in [0.25, 0.3) is 0 Å². The second kappa shape index (κ2) is 14.3. The lowest BCUT2D eigenvalue weighted by Gasteiger charge is -2.11. The lowest BCUT2D eigenvalue weighted by molar-refractivity contribution is -0.138. The zero-order valence-corrected chi connectivity index (χ0v) is 21.3. The van der Waals surface area contributed by atoms with Crippen LogP contribution in [0.1, 0.15) is 25.0 Å². The van der Waals surface area contributed by atoms with Crippen molar-refractivity contribution in [2.75, 3.05) is 13.2 Å². The zero-order chi connectivity index (χ0) is 26.5. The molecule has 0 radical (unpaired) electrons. The molecule has 8 nitrogen and oxygen atoms in total. The predicted molar refractivity (Wildman–Crippen MR) is 140 cm³/mol. The van der Waals surface area contributed by atoms with Crippen LogP contribution in [0.3, 0.4) is 0 Å². The van der Waals surface area contributed by atoms with Crippen LogP contribution in [0.2, 0.25) is 0 Å². The van der Waals surface area contributed by atoms with Gasteiger partial charge in [-0.3, -0.25) is 0 Å². The Morgan fingerprint density at radius 2 is 1.14 bits per heavy atom. The summed E-state index contributed by atoms with van der Waals surface area (Å²) < 4.78 is 9.82. The van der Waals surface area contributed by atoms with E-state index < -0.39 is 11.9 Å². The van der Waals surface area contributed by atoms with Crippen molar-refractivity contribution >= 4 is 46.9 Å². The molecule has 2 aromatic carbocycles. The summed E-state index contributed by atoms with van der Waals surface area (Å²) in [5, 5.41) is 19.7. The van der Waals surface area contributed by atoms with E-state index in [9.17, 15) is 20.1 Å². The first-order valence-corrected chi connectivity index (χ1v) is 12.3. The van der Waals surface area contributed by atoms with Gasteiger partial charge in [0.1, 0.15) is 21.9 Å². The highest BCUT2D eigenvalue weighted by molar-refractivity contribution is 8.07. The molecule has 0 amide bonds. The lowest BCUT2D eigenvalue weighted by Crippen LogP contribution is -2.06. The van der Waals surface area contributed by atoms with Gasteiger partial charge in [0.05, 0.1) is 13.2 Å². The molecule has 36 heavy (non-hydrogen) atoms. The zero-order valence-electron chi connectivity index (χ0n) is 19.7. The van der Waals surface area contributed by atoms with Crippen LogP contribution in [0.25, 0.3) is 11.4 Å². The molecule has 10 heteroatoms. The maximum atomic E-state index is 11.8. The fraction of sp³-hybridized carbons (Fsp3) is 0.154. The van der Waals surface area contributed by atoms with E-state index in [1.165, 1.54) is 12.2 Å². The van der Waals surface area contributed by atoms with Crippen LogP contribution in [0, 0.1) is 22.7 Å². The van der Waals surface area contributed by atoms with E-state index in [4.69, 9.17) is 20.9 Å². The third-order valence-electron chi connectivity index (χ3n) is 4.35. The Hall–Kier alpha value is -4.12. The van der Waals surface area contributed by atoms with Crippen LogP contribution in [-0.2, 0) is 19.1 Å². The SMILES string of the molecule is CCOC(=O)/C=C(/N)c1ccccc1S/C(C#N)=C(/C#N)Sc1ccccc1/C(N)=C\C(=O)OCC. The Morgan fingerprint density at radius 1 is 0.778 bits per heavy atom. The Kier molecular flexibility index (Phi) is 11.2. The summed E-state index contributed by atoms with van der Waals surface area (Å²) in [7, 11) is 0. The van der Waals surface area contributed by atoms with E-state index in [0.717, 1.165) is 23.5 Å². The molecule has 0 saturated carbocycles. The van der Waals surface area contributed by atoms with E-state index in [1.807, 2.05) is 0 Å². The van der Waals surface area contributed by atoms with Crippen LogP contribution in [-0.4, -0.2) is 25.2 Å². The van der Waals surface area contributed by atoms with Crippen molar-refractivity contribution in [2.45, 2.75) is 23.6 Å². The summed E-state index contributed by atoms with van der Waals surface area (Å²) in [6, 6.07) is 18.0. The minimum Gasteiger partial charge on any atom is -0.463 e. The molecule has 0 saturated heterocycles. The van der Waals surface area contributed by atoms with E-state index in [-0.39, 0.29) is 34.4 Å². The highest BCUT2D eigenvalue weighted by atomic mass is 32.2. The van der Waals surface area contributed by atoms with Crippen molar-refractivity contribution in [2.24, 2.45) is 11.5 Å². The van der Waals surface area contributed by atoms with Crippen molar-refractivity contribution in [3.05, 3.63) is 81.6 Å². The highest BCUT2D eigenvalue weighted by Gasteiger charge is 2.16. The molecule has 0 heterocycles. The number of nitrogens with two attached hydrogens (primary N) is 2. The number of nitriles is 2.